The van der Waals surface area contributed by atoms with Crippen LogP contribution in [0.3, 0.4) is 0 Å². The molecule has 3 nitrogen and oxygen atoms in total. The molecular weight excluding hydrogens is 667 g/mol. The molecule has 258 valence electrons. The van der Waals surface area contributed by atoms with Crippen LogP contribution in [0.4, 0.5) is 0 Å². The molecule has 11 rings (SSSR count). The molecule has 0 fully saturated rings. The minimum absolute atomic E-state index is 0.204. The third-order valence-corrected chi connectivity index (χ3v) is 11.7. The van der Waals surface area contributed by atoms with Crippen molar-refractivity contribution in [1.29, 1.82) is 5.26 Å². The van der Waals surface area contributed by atoms with E-state index < -0.39 is 11.5 Å². The van der Waals surface area contributed by atoms with E-state index in [1.807, 2.05) is 48.5 Å². The Hall–Kier alpha value is -7.15. The molecule has 1 aliphatic rings. The minimum atomic E-state index is -0.404. The normalized spacial score (nSPS) is 14.3. The Bertz CT molecular complexity index is 3510. The molecule has 0 aliphatic heterocycles. The Morgan fingerprint density at radius 3 is 2.00 bits per heavy atom. The van der Waals surface area contributed by atoms with Crippen LogP contribution < -0.4 is 0 Å². The van der Waals surface area contributed by atoms with Crippen molar-refractivity contribution >= 4 is 43.6 Å². The molecule has 0 spiro atoms. The van der Waals surface area contributed by atoms with E-state index in [2.05, 4.69) is 126 Å². The monoisotopic (exact) mass is 706 g/mol. The first-order valence-electron chi connectivity index (χ1n) is 21.0. The topological polar surface area (TPSA) is 33.6 Å². The number of aromatic nitrogens is 2. The number of nitriles is 1. The summed E-state index contributed by atoms with van der Waals surface area (Å²) in [7, 11) is 0. The largest absolute Gasteiger partial charge is 0.309 e. The fourth-order valence-electron chi connectivity index (χ4n) is 9.22. The van der Waals surface area contributed by atoms with Gasteiger partial charge in [0.1, 0.15) is 6.07 Å². The Labute approximate surface area is 326 Å². The maximum Gasteiger partial charge on any atom is 0.101 e. The second kappa shape index (κ2) is 11.7. The van der Waals surface area contributed by atoms with Crippen LogP contribution in [-0.4, -0.2) is 9.13 Å². The van der Waals surface area contributed by atoms with Crippen LogP contribution in [0.2, 0.25) is 0 Å². The van der Waals surface area contributed by atoms with Crippen molar-refractivity contribution in [3.05, 3.63) is 192 Å². The van der Waals surface area contributed by atoms with Gasteiger partial charge in [0.15, 0.2) is 0 Å². The van der Waals surface area contributed by atoms with Gasteiger partial charge in [0.2, 0.25) is 0 Å². The maximum absolute atomic E-state index is 10.9. The van der Waals surface area contributed by atoms with Crippen LogP contribution in [-0.2, 0) is 5.41 Å². The van der Waals surface area contributed by atoms with Gasteiger partial charge in [-0.25, -0.2) is 0 Å². The van der Waals surface area contributed by atoms with Crippen LogP contribution in [0.1, 0.15) is 37.4 Å². The first-order valence-corrected chi connectivity index (χ1v) is 18.5. The molecule has 2 aromatic heterocycles. The molecule has 0 atom stereocenters. The van der Waals surface area contributed by atoms with Gasteiger partial charge in [0, 0.05) is 43.9 Å². The predicted octanol–water partition coefficient (Wildman–Crippen LogP) is 13.4. The van der Waals surface area contributed by atoms with Crippen molar-refractivity contribution in [1.82, 2.24) is 9.13 Å². The summed E-state index contributed by atoms with van der Waals surface area (Å²) in [6.45, 7) is 4.36. The Balaban J connectivity index is 1.12. The van der Waals surface area contributed by atoms with E-state index in [1.54, 1.807) is 0 Å². The molecule has 1 aliphatic carbocycles. The third kappa shape index (κ3) is 4.43. The molecule has 10 aromatic rings. The van der Waals surface area contributed by atoms with Gasteiger partial charge < -0.3 is 9.13 Å². The van der Waals surface area contributed by atoms with E-state index in [1.165, 1.54) is 0 Å². The number of rotatable bonds is 4. The molecule has 0 radical (unpaired) electrons. The zero-order chi connectivity index (χ0) is 41.2. The lowest BCUT2D eigenvalue weighted by molar-refractivity contribution is 0.660. The number of para-hydroxylation sites is 3. The van der Waals surface area contributed by atoms with Crippen molar-refractivity contribution in [3.63, 3.8) is 0 Å². The van der Waals surface area contributed by atoms with Crippen molar-refractivity contribution in [2.45, 2.75) is 19.3 Å². The average molecular weight is 707 g/mol. The smallest absolute Gasteiger partial charge is 0.101 e. The lowest BCUT2D eigenvalue weighted by Gasteiger charge is -2.22. The van der Waals surface area contributed by atoms with Crippen LogP contribution in [0, 0.1) is 11.3 Å². The van der Waals surface area contributed by atoms with Gasteiger partial charge in [-0.2, -0.15) is 5.26 Å². The lowest BCUT2D eigenvalue weighted by atomic mass is 9.82. The summed E-state index contributed by atoms with van der Waals surface area (Å²) in [5.74, 6) is 0. The van der Waals surface area contributed by atoms with Crippen molar-refractivity contribution in [2.75, 3.05) is 0 Å². The second-order valence-electron chi connectivity index (χ2n) is 14.8. The Kier molecular flexibility index (Phi) is 5.64. The van der Waals surface area contributed by atoms with Gasteiger partial charge >= 0.3 is 0 Å². The van der Waals surface area contributed by atoms with E-state index in [0.717, 1.165) is 88.4 Å². The van der Waals surface area contributed by atoms with Crippen molar-refractivity contribution in [3.8, 4) is 50.8 Å². The number of hydrogen-bond donors (Lipinski definition) is 0. The van der Waals surface area contributed by atoms with Gasteiger partial charge in [-0.05, 0) is 93.5 Å². The summed E-state index contributed by atoms with van der Waals surface area (Å²) >= 11 is 0. The van der Waals surface area contributed by atoms with E-state index in [9.17, 15) is 5.26 Å². The molecule has 8 aromatic carbocycles. The molecule has 0 saturated carbocycles. The number of fused-ring (bicyclic) bond motifs is 9. The van der Waals surface area contributed by atoms with Crippen LogP contribution in [0.25, 0.3) is 88.4 Å². The summed E-state index contributed by atoms with van der Waals surface area (Å²) in [5, 5.41) is 15.0. The first kappa shape index (κ1) is 26.6. The minimum Gasteiger partial charge on any atom is -0.309 e. The number of benzene rings is 8. The van der Waals surface area contributed by atoms with E-state index in [0.29, 0.717) is 11.1 Å². The molecule has 0 amide bonds. The van der Waals surface area contributed by atoms with Gasteiger partial charge in [0.05, 0.1) is 34.5 Å². The standard InChI is InChI=1S/C52H35N3/c1-52(2)44-27-25-36(31-42(44)50-38(20-13-21-45(50)52)33-14-5-3-6-15-33)55-46-22-11-9-18-39(46)41-30-34(24-28-48(41)55)37-26-29-49-51(43(37)32-53)40-19-10-12-23-47(40)54(49)35-16-7-4-8-17-35/h3-31H,1-2H3/i3D,5D,6D,14D,15D. The molecule has 0 N–H and O–H groups in total. The molecule has 0 saturated heterocycles. The predicted molar refractivity (Wildman–Crippen MR) is 228 cm³/mol. The molecule has 0 bridgehead atoms. The first-order chi connectivity index (χ1) is 29.1. The second-order valence-corrected chi connectivity index (χ2v) is 14.8. The van der Waals surface area contributed by atoms with E-state index in [-0.39, 0.29) is 29.7 Å². The van der Waals surface area contributed by atoms with Crippen LogP contribution in [0.5, 0.6) is 0 Å². The molecular formula is C52H35N3. The SMILES string of the molecule is [2H]c1c([2H])c([2H])c(-c2cccc3c2-c2cc(-n4c5ccccc5c5cc(-c6ccc7c(c6C#N)c6ccccc6n7-c6ccccc6)ccc54)ccc2C3(C)C)c([2H])c1[2H]. The van der Waals surface area contributed by atoms with Gasteiger partial charge in [-0.15, -0.1) is 0 Å². The summed E-state index contributed by atoms with van der Waals surface area (Å²) in [5.41, 5.74) is 13.0. The van der Waals surface area contributed by atoms with Crippen LogP contribution in [0.15, 0.2) is 176 Å². The average Bonchev–Trinajstić information content (AvgIpc) is 3.88. The summed E-state index contributed by atoms with van der Waals surface area (Å²) in [4.78, 5) is 0. The van der Waals surface area contributed by atoms with Crippen molar-refractivity contribution < 1.29 is 6.85 Å². The fourth-order valence-corrected chi connectivity index (χ4v) is 9.22. The zero-order valence-electron chi connectivity index (χ0n) is 35.2. The Morgan fingerprint density at radius 1 is 0.509 bits per heavy atom. The highest BCUT2D eigenvalue weighted by Gasteiger charge is 2.37. The highest BCUT2D eigenvalue weighted by Crippen LogP contribution is 2.53. The summed E-state index contributed by atoms with van der Waals surface area (Å²) < 4.78 is 47.4. The summed E-state index contributed by atoms with van der Waals surface area (Å²) in [6, 6.07) is 51.1. The molecule has 2 heterocycles. The molecule has 55 heavy (non-hydrogen) atoms. The quantitative estimate of drug-likeness (QED) is 0.179. The van der Waals surface area contributed by atoms with Crippen molar-refractivity contribution in [2.24, 2.45) is 0 Å². The maximum atomic E-state index is 10.9. The fraction of sp³-hybridized carbons (Fsp3) is 0.0577. The molecule has 0 unspecified atom stereocenters. The zero-order valence-corrected chi connectivity index (χ0v) is 30.2. The van der Waals surface area contributed by atoms with Crippen LogP contribution >= 0.6 is 0 Å². The highest BCUT2D eigenvalue weighted by atomic mass is 15.0. The lowest BCUT2D eigenvalue weighted by Crippen LogP contribution is -2.15. The van der Waals surface area contributed by atoms with Gasteiger partial charge in [-0.3, -0.25) is 0 Å². The third-order valence-electron chi connectivity index (χ3n) is 11.7. The molecule has 3 heteroatoms. The summed E-state index contributed by atoms with van der Waals surface area (Å²) in [6.07, 6.45) is 0. The van der Waals surface area contributed by atoms with Gasteiger partial charge in [0.25, 0.3) is 0 Å². The highest BCUT2D eigenvalue weighted by molar-refractivity contribution is 6.15. The van der Waals surface area contributed by atoms with E-state index in [4.69, 9.17) is 6.85 Å². The number of hydrogen-bond acceptors (Lipinski definition) is 1. The number of nitrogens with zero attached hydrogens (tertiary/aromatic N) is 3. The van der Waals surface area contributed by atoms with Gasteiger partial charge in [-0.1, -0.05) is 135 Å². The Morgan fingerprint density at radius 2 is 1.20 bits per heavy atom. The van der Waals surface area contributed by atoms with E-state index >= 15 is 0 Å².